The molecule has 3 heterocycles. The number of hydrogen-bond donors (Lipinski definition) is 1. The van der Waals surface area contributed by atoms with Gasteiger partial charge in [-0.25, -0.2) is 5.01 Å². The van der Waals surface area contributed by atoms with Crippen molar-refractivity contribution in [2.45, 2.75) is 13.5 Å². The van der Waals surface area contributed by atoms with Gasteiger partial charge in [0.15, 0.2) is 0 Å². The zero-order valence-corrected chi connectivity index (χ0v) is 17.0. The van der Waals surface area contributed by atoms with Crippen molar-refractivity contribution in [2.24, 2.45) is 0 Å². The summed E-state index contributed by atoms with van der Waals surface area (Å²) in [6.45, 7) is 5.10. The SMILES string of the molecule is Cc1nn(Cc2ccc(Cl)cc2Cl)c2sc(C(=O)NN3CCOCC3)cc12. The predicted octanol–water partition coefficient (Wildman–Crippen LogP) is 3.74. The molecule has 142 valence electrons. The topological polar surface area (TPSA) is 59.4 Å². The molecule has 1 amide bonds. The number of thiophene rings is 1. The number of fused-ring (bicyclic) bond motifs is 1. The number of hydrazine groups is 1. The fourth-order valence-corrected chi connectivity index (χ4v) is 4.54. The number of halogens is 2. The minimum atomic E-state index is -0.103. The number of carbonyl (C=O) groups excluding carboxylic acids is 1. The van der Waals surface area contributed by atoms with E-state index in [4.69, 9.17) is 27.9 Å². The molecule has 0 atom stereocenters. The number of ether oxygens (including phenoxy) is 1. The number of nitrogens with one attached hydrogen (secondary N) is 1. The number of rotatable bonds is 4. The third kappa shape index (κ3) is 3.97. The van der Waals surface area contributed by atoms with E-state index in [-0.39, 0.29) is 5.91 Å². The maximum Gasteiger partial charge on any atom is 0.275 e. The third-order valence-corrected chi connectivity index (χ3v) is 6.17. The van der Waals surface area contributed by atoms with Crippen LogP contribution in [0.2, 0.25) is 10.0 Å². The predicted molar refractivity (Wildman–Crippen MR) is 108 cm³/mol. The van der Waals surface area contributed by atoms with Crippen molar-refractivity contribution in [3.05, 3.63) is 50.4 Å². The van der Waals surface area contributed by atoms with Gasteiger partial charge in [0.25, 0.3) is 5.91 Å². The number of nitrogens with zero attached hydrogens (tertiary/aromatic N) is 3. The zero-order valence-electron chi connectivity index (χ0n) is 14.7. The normalized spacial score (nSPS) is 15.4. The Morgan fingerprint density at radius 3 is 2.81 bits per heavy atom. The lowest BCUT2D eigenvalue weighted by Gasteiger charge is -2.26. The standard InChI is InChI=1S/C18H18Cl2N4O2S/c1-11-14-9-16(17(25)22-23-4-6-26-7-5-23)27-18(14)24(21-11)10-12-2-3-13(19)8-15(12)20/h2-3,8-9H,4-7,10H2,1H3,(H,22,25). The zero-order chi connectivity index (χ0) is 19.0. The van der Waals surface area contributed by atoms with E-state index in [2.05, 4.69) is 10.5 Å². The van der Waals surface area contributed by atoms with Crippen LogP contribution < -0.4 is 5.43 Å². The number of aromatic nitrogens is 2. The van der Waals surface area contributed by atoms with Gasteiger partial charge in [-0.05, 0) is 30.7 Å². The minimum Gasteiger partial charge on any atom is -0.379 e. The number of benzene rings is 1. The molecule has 1 aliphatic heterocycles. The highest BCUT2D eigenvalue weighted by Gasteiger charge is 2.19. The Morgan fingerprint density at radius 2 is 2.07 bits per heavy atom. The molecule has 1 saturated heterocycles. The monoisotopic (exact) mass is 424 g/mol. The summed E-state index contributed by atoms with van der Waals surface area (Å²) in [6, 6.07) is 7.33. The van der Waals surface area contributed by atoms with Gasteiger partial charge < -0.3 is 4.74 Å². The lowest BCUT2D eigenvalue weighted by Crippen LogP contribution is -2.48. The quantitative estimate of drug-likeness (QED) is 0.692. The van der Waals surface area contributed by atoms with E-state index in [0.717, 1.165) is 21.5 Å². The van der Waals surface area contributed by atoms with Crippen LogP contribution in [0.25, 0.3) is 10.2 Å². The molecule has 1 fully saturated rings. The first-order valence-electron chi connectivity index (χ1n) is 8.56. The van der Waals surface area contributed by atoms with Gasteiger partial charge in [-0.15, -0.1) is 11.3 Å². The van der Waals surface area contributed by atoms with Crippen LogP contribution in [0.4, 0.5) is 0 Å². The average molecular weight is 425 g/mol. The molecule has 0 unspecified atom stereocenters. The Morgan fingerprint density at radius 1 is 1.30 bits per heavy atom. The summed E-state index contributed by atoms with van der Waals surface area (Å²) in [7, 11) is 0. The smallest absolute Gasteiger partial charge is 0.275 e. The molecule has 27 heavy (non-hydrogen) atoms. The van der Waals surface area contributed by atoms with Crippen molar-refractivity contribution < 1.29 is 9.53 Å². The molecule has 2 aromatic heterocycles. The Bertz CT molecular complexity index is 995. The second-order valence-electron chi connectivity index (χ2n) is 6.35. The molecule has 6 nitrogen and oxygen atoms in total. The number of morpholine rings is 1. The molecular formula is C18H18Cl2N4O2S. The van der Waals surface area contributed by atoms with Crippen molar-refractivity contribution in [1.29, 1.82) is 0 Å². The number of hydrogen-bond acceptors (Lipinski definition) is 5. The number of aryl methyl sites for hydroxylation is 1. The first kappa shape index (κ1) is 18.7. The molecular weight excluding hydrogens is 407 g/mol. The first-order valence-corrected chi connectivity index (χ1v) is 10.1. The summed E-state index contributed by atoms with van der Waals surface area (Å²) in [4.78, 5) is 14.2. The van der Waals surface area contributed by atoms with E-state index >= 15 is 0 Å². The lowest BCUT2D eigenvalue weighted by molar-refractivity contribution is 0.0127. The van der Waals surface area contributed by atoms with Crippen molar-refractivity contribution in [2.75, 3.05) is 26.3 Å². The molecule has 0 radical (unpaired) electrons. The maximum absolute atomic E-state index is 12.6. The number of amides is 1. The molecule has 1 aromatic carbocycles. The van der Waals surface area contributed by atoms with Gasteiger partial charge in [0.05, 0.1) is 30.3 Å². The average Bonchev–Trinajstić information content (AvgIpc) is 3.20. The Labute approximate surface area is 170 Å². The summed E-state index contributed by atoms with van der Waals surface area (Å²) in [5.74, 6) is -0.103. The van der Waals surface area contributed by atoms with Crippen LogP contribution in [-0.2, 0) is 11.3 Å². The van der Waals surface area contributed by atoms with Gasteiger partial charge in [0, 0.05) is 28.5 Å². The highest BCUT2D eigenvalue weighted by atomic mass is 35.5. The second-order valence-corrected chi connectivity index (χ2v) is 8.22. The summed E-state index contributed by atoms with van der Waals surface area (Å²) >= 11 is 13.7. The third-order valence-electron chi connectivity index (χ3n) is 4.44. The van der Waals surface area contributed by atoms with Gasteiger partial charge >= 0.3 is 0 Å². The van der Waals surface area contributed by atoms with Crippen LogP contribution in [0, 0.1) is 6.92 Å². The van der Waals surface area contributed by atoms with Crippen LogP contribution in [-0.4, -0.2) is 47.0 Å². The molecule has 4 rings (SSSR count). The lowest BCUT2D eigenvalue weighted by atomic mass is 10.2. The van der Waals surface area contributed by atoms with E-state index in [1.165, 1.54) is 11.3 Å². The fourth-order valence-electron chi connectivity index (χ4n) is 3.02. The van der Waals surface area contributed by atoms with Gasteiger partial charge in [-0.1, -0.05) is 29.3 Å². The van der Waals surface area contributed by atoms with Gasteiger partial charge in [-0.2, -0.15) is 5.10 Å². The molecule has 0 spiro atoms. The highest BCUT2D eigenvalue weighted by Crippen LogP contribution is 2.30. The molecule has 1 N–H and O–H groups in total. The maximum atomic E-state index is 12.6. The number of carbonyl (C=O) groups is 1. The largest absolute Gasteiger partial charge is 0.379 e. The van der Waals surface area contributed by atoms with Crippen LogP contribution >= 0.6 is 34.5 Å². The van der Waals surface area contributed by atoms with E-state index < -0.39 is 0 Å². The van der Waals surface area contributed by atoms with E-state index in [0.29, 0.717) is 47.8 Å². The van der Waals surface area contributed by atoms with Crippen LogP contribution in [0.5, 0.6) is 0 Å². The molecule has 1 aliphatic rings. The second kappa shape index (κ2) is 7.77. The molecule has 9 heteroatoms. The van der Waals surface area contributed by atoms with Crippen molar-refractivity contribution >= 4 is 50.7 Å². The summed E-state index contributed by atoms with van der Waals surface area (Å²) in [6.07, 6.45) is 0. The fraction of sp³-hybridized carbons (Fsp3) is 0.333. The summed E-state index contributed by atoms with van der Waals surface area (Å²) in [5.41, 5.74) is 4.76. The van der Waals surface area contributed by atoms with Crippen molar-refractivity contribution in [3.8, 4) is 0 Å². The summed E-state index contributed by atoms with van der Waals surface area (Å²) < 4.78 is 7.19. The molecule has 0 saturated carbocycles. The molecule has 0 bridgehead atoms. The van der Waals surface area contributed by atoms with Crippen LogP contribution in [0.3, 0.4) is 0 Å². The molecule has 3 aromatic rings. The van der Waals surface area contributed by atoms with Crippen molar-refractivity contribution in [3.63, 3.8) is 0 Å². The van der Waals surface area contributed by atoms with Gasteiger partial charge in [0.1, 0.15) is 4.83 Å². The molecule has 0 aliphatic carbocycles. The van der Waals surface area contributed by atoms with E-state index in [1.807, 2.05) is 34.8 Å². The summed E-state index contributed by atoms with van der Waals surface area (Å²) in [5, 5.41) is 8.68. The van der Waals surface area contributed by atoms with Crippen LogP contribution in [0.1, 0.15) is 20.9 Å². The first-order chi connectivity index (χ1) is 13.0. The van der Waals surface area contributed by atoms with Gasteiger partial charge in [0.2, 0.25) is 0 Å². The van der Waals surface area contributed by atoms with Gasteiger partial charge in [-0.3, -0.25) is 14.9 Å². The van der Waals surface area contributed by atoms with E-state index in [1.54, 1.807) is 6.07 Å². The van der Waals surface area contributed by atoms with Crippen LogP contribution in [0.15, 0.2) is 24.3 Å². The Kier molecular flexibility index (Phi) is 5.39. The Balaban J connectivity index is 1.58. The highest BCUT2D eigenvalue weighted by molar-refractivity contribution is 7.20. The minimum absolute atomic E-state index is 0.103. The Hall–Kier alpha value is -1.64. The van der Waals surface area contributed by atoms with E-state index in [9.17, 15) is 4.79 Å². The van der Waals surface area contributed by atoms with Crippen molar-refractivity contribution in [1.82, 2.24) is 20.2 Å².